The normalized spacial score (nSPS) is 32.8. The highest BCUT2D eigenvalue weighted by molar-refractivity contribution is 6.07. The number of benzene rings is 1. The Morgan fingerprint density at radius 3 is 2.03 bits per heavy atom. The minimum absolute atomic E-state index is 0.0123. The van der Waals surface area contributed by atoms with Crippen LogP contribution in [0.3, 0.4) is 0 Å². The average molecular weight is 458 g/mol. The second-order valence-electron chi connectivity index (χ2n) is 8.68. The standard InChI is InChI=1S/C21H16F6N2O3/c22-20(23,24)9-2-1-3-10(6-9)28(19(32)21(25,26)27)8-29-17(30)15-11-4-5-12(14-7-13(11)14)16(15)18(29)31/h1-6,11-16H,7-8H2/t11-,12-,13-,14+,15-,16-/m1/s1. The number of hydrogen-bond acceptors (Lipinski definition) is 3. The van der Waals surface area contributed by atoms with Crippen LogP contribution in [-0.2, 0) is 20.6 Å². The molecule has 4 aliphatic carbocycles. The Balaban J connectivity index is 1.48. The predicted molar refractivity (Wildman–Crippen MR) is 96.4 cm³/mol. The van der Waals surface area contributed by atoms with Crippen LogP contribution in [0.5, 0.6) is 0 Å². The second kappa shape index (κ2) is 6.58. The molecule has 6 atom stereocenters. The van der Waals surface area contributed by atoms with Crippen molar-refractivity contribution in [3.8, 4) is 0 Å². The molecule has 2 saturated carbocycles. The highest BCUT2D eigenvalue weighted by Gasteiger charge is 2.67. The molecule has 170 valence electrons. The molecule has 5 aliphatic rings. The molecule has 1 aromatic rings. The maximum atomic E-state index is 13.3. The number of rotatable bonds is 3. The summed E-state index contributed by atoms with van der Waals surface area (Å²) in [6.45, 7) is -1.10. The number of alkyl halides is 6. The fraction of sp³-hybridized carbons (Fsp3) is 0.476. The Kier molecular flexibility index (Phi) is 4.32. The zero-order chi connectivity index (χ0) is 23.2. The van der Waals surface area contributed by atoms with Crippen LogP contribution in [0.4, 0.5) is 32.0 Å². The molecule has 0 unspecified atom stereocenters. The average Bonchev–Trinajstić information content (AvgIpc) is 3.50. The predicted octanol–water partition coefficient (Wildman–Crippen LogP) is 3.61. The van der Waals surface area contributed by atoms with Crippen molar-refractivity contribution in [1.82, 2.24) is 4.90 Å². The summed E-state index contributed by atoms with van der Waals surface area (Å²) in [6, 6.07) is 2.80. The van der Waals surface area contributed by atoms with Gasteiger partial charge in [-0.2, -0.15) is 26.3 Å². The lowest BCUT2D eigenvalue weighted by atomic mass is 9.63. The third-order valence-corrected chi connectivity index (χ3v) is 7.01. The van der Waals surface area contributed by atoms with E-state index in [1.54, 1.807) is 0 Å². The Bertz CT molecular complexity index is 1010. The zero-order valence-corrected chi connectivity index (χ0v) is 16.2. The van der Waals surface area contributed by atoms with Gasteiger partial charge in [0.1, 0.15) is 6.67 Å². The van der Waals surface area contributed by atoms with Gasteiger partial charge in [-0.1, -0.05) is 18.2 Å². The smallest absolute Gasteiger partial charge is 0.286 e. The molecule has 2 bridgehead atoms. The molecule has 0 radical (unpaired) electrons. The molecule has 1 aromatic carbocycles. The SMILES string of the molecule is O=C1[C@@H]2[C@@H]3C=C[C@H]([C@@H]4C[C@H]34)[C@H]2C(=O)N1CN(C(=O)C(F)(F)F)c1cccc(C(F)(F)F)c1. The quantitative estimate of drug-likeness (QED) is 0.395. The summed E-state index contributed by atoms with van der Waals surface area (Å²) in [5, 5.41) is 0. The van der Waals surface area contributed by atoms with Crippen molar-refractivity contribution in [2.24, 2.45) is 35.5 Å². The van der Waals surface area contributed by atoms with Crippen molar-refractivity contribution in [1.29, 1.82) is 0 Å². The lowest BCUT2D eigenvalue weighted by molar-refractivity contribution is -0.171. The van der Waals surface area contributed by atoms with Gasteiger partial charge in [0.2, 0.25) is 11.8 Å². The van der Waals surface area contributed by atoms with Gasteiger partial charge in [0, 0.05) is 5.69 Å². The molecule has 1 saturated heterocycles. The minimum Gasteiger partial charge on any atom is -0.286 e. The number of allylic oxidation sites excluding steroid dienone is 2. The van der Waals surface area contributed by atoms with Crippen LogP contribution in [0.1, 0.15) is 12.0 Å². The lowest BCUT2D eigenvalue weighted by Gasteiger charge is -2.37. The van der Waals surface area contributed by atoms with Crippen LogP contribution in [-0.4, -0.2) is 35.5 Å². The van der Waals surface area contributed by atoms with Gasteiger partial charge in [0.15, 0.2) is 0 Å². The number of hydrogen-bond donors (Lipinski definition) is 0. The number of amides is 3. The molecular formula is C21H16F6N2O3. The maximum Gasteiger partial charge on any atom is 0.471 e. The fourth-order valence-corrected chi connectivity index (χ4v) is 5.57. The molecule has 6 rings (SSSR count). The third-order valence-electron chi connectivity index (χ3n) is 7.01. The Hall–Kier alpha value is -2.85. The number of anilines is 1. The van der Waals surface area contributed by atoms with Gasteiger partial charge in [0.25, 0.3) is 0 Å². The molecule has 3 fully saturated rings. The van der Waals surface area contributed by atoms with Gasteiger partial charge in [0.05, 0.1) is 17.4 Å². The summed E-state index contributed by atoms with van der Waals surface area (Å²) in [5.74, 6) is -5.08. The summed E-state index contributed by atoms with van der Waals surface area (Å²) in [6.07, 6.45) is -5.64. The minimum atomic E-state index is -5.42. The number of nitrogens with zero attached hydrogens (tertiary/aromatic N) is 2. The molecule has 0 aromatic heterocycles. The lowest BCUT2D eigenvalue weighted by Crippen LogP contribution is -2.49. The Labute approximate surface area is 177 Å². The van der Waals surface area contributed by atoms with E-state index in [0.29, 0.717) is 17.0 Å². The number of halogens is 6. The molecule has 11 heteroatoms. The van der Waals surface area contributed by atoms with E-state index in [4.69, 9.17) is 0 Å². The highest BCUT2D eigenvalue weighted by atomic mass is 19.4. The first-order valence-corrected chi connectivity index (χ1v) is 9.99. The monoisotopic (exact) mass is 458 g/mol. The van der Waals surface area contributed by atoms with E-state index in [0.717, 1.165) is 18.6 Å². The largest absolute Gasteiger partial charge is 0.471 e. The number of carbonyl (C=O) groups is 3. The zero-order valence-electron chi connectivity index (χ0n) is 16.2. The van der Waals surface area contributed by atoms with Crippen LogP contribution < -0.4 is 4.90 Å². The summed E-state index contributed by atoms with van der Waals surface area (Å²) < 4.78 is 79.0. The van der Waals surface area contributed by atoms with Gasteiger partial charge in [-0.15, -0.1) is 0 Å². The van der Waals surface area contributed by atoms with Crippen molar-refractivity contribution in [3.63, 3.8) is 0 Å². The van der Waals surface area contributed by atoms with E-state index >= 15 is 0 Å². The van der Waals surface area contributed by atoms with Crippen LogP contribution in [0.2, 0.25) is 0 Å². The fourth-order valence-electron chi connectivity index (χ4n) is 5.57. The van der Waals surface area contributed by atoms with E-state index in [9.17, 15) is 40.7 Å². The molecule has 1 heterocycles. The van der Waals surface area contributed by atoms with Crippen LogP contribution in [0, 0.1) is 35.5 Å². The van der Waals surface area contributed by atoms with Gasteiger partial charge in [-0.3, -0.25) is 24.2 Å². The molecule has 1 aliphatic heterocycles. The summed E-state index contributed by atoms with van der Waals surface area (Å²) in [4.78, 5) is 38.8. The van der Waals surface area contributed by atoms with Crippen LogP contribution in [0.25, 0.3) is 0 Å². The van der Waals surface area contributed by atoms with E-state index in [-0.39, 0.29) is 28.6 Å². The van der Waals surface area contributed by atoms with Crippen molar-refractivity contribution >= 4 is 23.4 Å². The third kappa shape index (κ3) is 3.04. The molecule has 0 spiro atoms. The first kappa shape index (κ1) is 21.0. The topological polar surface area (TPSA) is 57.7 Å². The number of carbonyl (C=O) groups excluding carboxylic acids is 3. The van der Waals surface area contributed by atoms with Crippen LogP contribution >= 0.6 is 0 Å². The number of likely N-dealkylation sites (tertiary alicyclic amines) is 1. The van der Waals surface area contributed by atoms with Gasteiger partial charge >= 0.3 is 18.3 Å². The van der Waals surface area contributed by atoms with Gasteiger partial charge in [-0.25, -0.2) is 0 Å². The van der Waals surface area contributed by atoms with Gasteiger partial charge in [-0.05, 0) is 48.3 Å². The highest BCUT2D eigenvalue weighted by Crippen LogP contribution is 2.65. The van der Waals surface area contributed by atoms with Crippen molar-refractivity contribution in [2.45, 2.75) is 18.8 Å². The van der Waals surface area contributed by atoms with Crippen LogP contribution in [0.15, 0.2) is 36.4 Å². The Morgan fingerprint density at radius 2 is 1.53 bits per heavy atom. The molecule has 32 heavy (non-hydrogen) atoms. The van der Waals surface area contributed by atoms with Crippen molar-refractivity contribution in [2.75, 3.05) is 11.6 Å². The first-order chi connectivity index (χ1) is 14.9. The summed E-state index contributed by atoms with van der Waals surface area (Å²) in [7, 11) is 0. The van der Waals surface area contributed by atoms with E-state index < -0.39 is 59.8 Å². The van der Waals surface area contributed by atoms with Gasteiger partial charge < -0.3 is 0 Å². The van der Waals surface area contributed by atoms with E-state index in [1.807, 2.05) is 12.2 Å². The van der Waals surface area contributed by atoms with E-state index in [1.165, 1.54) is 0 Å². The van der Waals surface area contributed by atoms with E-state index in [2.05, 4.69) is 0 Å². The first-order valence-electron chi connectivity index (χ1n) is 9.99. The molecule has 3 amide bonds. The van der Waals surface area contributed by atoms with Crippen molar-refractivity contribution in [3.05, 3.63) is 42.0 Å². The summed E-state index contributed by atoms with van der Waals surface area (Å²) in [5.41, 5.74) is -1.97. The second-order valence-corrected chi connectivity index (χ2v) is 8.68. The van der Waals surface area contributed by atoms with Crippen molar-refractivity contribution < 1.29 is 40.7 Å². The summed E-state index contributed by atoms with van der Waals surface area (Å²) >= 11 is 0. The maximum absolute atomic E-state index is 13.3. The molecule has 0 N–H and O–H groups in total. The molecular weight excluding hydrogens is 442 g/mol. The Morgan fingerprint density at radius 1 is 0.969 bits per heavy atom. The number of imide groups is 1. The molecule has 5 nitrogen and oxygen atoms in total.